The molecule has 4 nitrogen and oxygen atoms in total. The van der Waals surface area contributed by atoms with Gasteiger partial charge >= 0.3 is 0 Å². The summed E-state index contributed by atoms with van der Waals surface area (Å²) in [4.78, 5) is 5.84. The molecule has 21 heavy (non-hydrogen) atoms. The first-order chi connectivity index (χ1) is 10.1. The van der Waals surface area contributed by atoms with Gasteiger partial charge in [0.25, 0.3) is 0 Å². The molecule has 5 heteroatoms. The molecule has 2 aromatic rings. The largest absolute Gasteiger partial charge is 0.497 e. The number of nitrogens with zero attached hydrogens (tertiary/aromatic N) is 1. The van der Waals surface area contributed by atoms with Crippen molar-refractivity contribution in [2.75, 3.05) is 7.11 Å². The molecule has 0 aliphatic rings. The second-order valence-corrected chi connectivity index (χ2v) is 6.28. The minimum absolute atomic E-state index is 0.477. The van der Waals surface area contributed by atoms with Crippen LogP contribution in [0.2, 0.25) is 0 Å². The molecule has 2 rings (SSSR count). The molecule has 0 unspecified atom stereocenters. The van der Waals surface area contributed by atoms with Crippen LogP contribution in [0.1, 0.15) is 29.4 Å². The molecule has 1 N–H and O–H groups in total. The number of aryl methyl sites for hydroxylation is 1. The lowest BCUT2D eigenvalue weighted by molar-refractivity contribution is 0.304. The second-order valence-electron chi connectivity index (χ2n) is 5.12. The zero-order valence-corrected chi connectivity index (χ0v) is 13.8. The first-order valence-electron chi connectivity index (χ1n) is 7.04. The molecule has 1 aromatic carbocycles. The Kier molecular flexibility index (Phi) is 5.59. The maximum Gasteiger partial charge on any atom is 0.140 e. The van der Waals surface area contributed by atoms with Crippen LogP contribution < -0.4 is 14.8 Å². The van der Waals surface area contributed by atoms with Gasteiger partial charge in [-0.15, -0.1) is 11.3 Å². The van der Waals surface area contributed by atoms with Crippen molar-refractivity contribution < 1.29 is 9.47 Å². The van der Waals surface area contributed by atoms with E-state index in [0.717, 1.165) is 28.7 Å². The van der Waals surface area contributed by atoms with E-state index >= 15 is 0 Å². The summed E-state index contributed by atoms with van der Waals surface area (Å²) < 4.78 is 10.9. The lowest BCUT2D eigenvalue weighted by atomic mass is 10.3. The zero-order valence-electron chi connectivity index (χ0n) is 13.0. The van der Waals surface area contributed by atoms with Gasteiger partial charge < -0.3 is 14.8 Å². The van der Waals surface area contributed by atoms with Crippen LogP contribution in [0.3, 0.4) is 0 Å². The Balaban J connectivity index is 1.92. The van der Waals surface area contributed by atoms with E-state index in [-0.39, 0.29) is 0 Å². The Hall–Kier alpha value is -1.59. The summed E-state index contributed by atoms with van der Waals surface area (Å²) in [6.07, 6.45) is 0. The average molecular weight is 306 g/mol. The zero-order chi connectivity index (χ0) is 15.2. The highest BCUT2D eigenvalue weighted by molar-refractivity contribution is 7.11. The summed E-state index contributed by atoms with van der Waals surface area (Å²) in [5.41, 5.74) is 1.08. The first-order valence-corrected chi connectivity index (χ1v) is 7.85. The van der Waals surface area contributed by atoms with Crippen molar-refractivity contribution in [1.29, 1.82) is 0 Å². The molecule has 0 radical (unpaired) electrons. The van der Waals surface area contributed by atoms with Crippen molar-refractivity contribution in [3.63, 3.8) is 0 Å². The molecule has 1 heterocycles. The summed E-state index contributed by atoms with van der Waals surface area (Å²) in [5, 5.41) is 4.42. The molecule has 0 bridgehead atoms. The van der Waals surface area contributed by atoms with Gasteiger partial charge in [0.05, 0.1) is 12.8 Å². The number of hydrogen-bond donors (Lipinski definition) is 1. The van der Waals surface area contributed by atoms with Crippen LogP contribution in [0.4, 0.5) is 0 Å². The van der Waals surface area contributed by atoms with Gasteiger partial charge in [0.1, 0.15) is 23.1 Å². The van der Waals surface area contributed by atoms with Gasteiger partial charge in [-0.25, -0.2) is 4.98 Å². The Morgan fingerprint density at radius 2 is 1.86 bits per heavy atom. The number of benzene rings is 1. The van der Waals surface area contributed by atoms with Crippen molar-refractivity contribution >= 4 is 11.3 Å². The minimum atomic E-state index is 0.477. The van der Waals surface area contributed by atoms with E-state index in [0.29, 0.717) is 12.6 Å². The van der Waals surface area contributed by atoms with E-state index in [1.54, 1.807) is 18.4 Å². The van der Waals surface area contributed by atoms with E-state index in [2.05, 4.69) is 24.1 Å². The van der Waals surface area contributed by atoms with Gasteiger partial charge in [0.2, 0.25) is 0 Å². The van der Waals surface area contributed by atoms with Crippen LogP contribution in [0.25, 0.3) is 0 Å². The molecular formula is C16H22N2O2S. The predicted molar refractivity (Wildman–Crippen MR) is 86.2 cm³/mol. The van der Waals surface area contributed by atoms with Crippen LogP contribution in [-0.2, 0) is 13.2 Å². The van der Waals surface area contributed by atoms with Crippen LogP contribution in [0.5, 0.6) is 11.5 Å². The molecule has 0 aliphatic carbocycles. The van der Waals surface area contributed by atoms with Crippen LogP contribution in [-0.4, -0.2) is 18.1 Å². The molecular weight excluding hydrogens is 284 g/mol. The maximum absolute atomic E-state index is 5.76. The Bertz CT molecular complexity index is 564. The summed E-state index contributed by atoms with van der Waals surface area (Å²) in [6, 6.07) is 8.06. The van der Waals surface area contributed by atoms with Crippen LogP contribution in [0.15, 0.2) is 24.3 Å². The van der Waals surface area contributed by atoms with Gasteiger partial charge in [-0.1, -0.05) is 13.8 Å². The maximum atomic E-state index is 5.76. The highest BCUT2D eigenvalue weighted by Crippen LogP contribution is 2.21. The van der Waals surface area contributed by atoms with E-state index in [4.69, 9.17) is 9.47 Å². The summed E-state index contributed by atoms with van der Waals surface area (Å²) >= 11 is 1.71. The third kappa shape index (κ3) is 4.72. The molecule has 0 fully saturated rings. The first kappa shape index (κ1) is 15.8. The van der Waals surface area contributed by atoms with E-state index < -0.39 is 0 Å². The molecule has 0 aliphatic heterocycles. The van der Waals surface area contributed by atoms with Crippen LogP contribution >= 0.6 is 11.3 Å². The molecule has 0 saturated heterocycles. The molecule has 114 valence electrons. The molecule has 0 amide bonds. The topological polar surface area (TPSA) is 43.4 Å². The lowest BCUT2D eigenvalue weighted by Crippen LogP contribution is -2.21. The van der Waals surface area contributed by atoms with Gasteiger partial charge in [-0.05, 0) is 31.2 Å². The quantitative estimate of drug-likeness (QED) is 0.850. The number of hydrogen-bond acceptors (Lipinski definition) is 5. The second kappa shape index (κ2) is 7.43. The average Bonchev–Trinajstić information content (AvgIpc) is 2.84. The smallest absolute Gasteiger partial charge is 0.140 e. The van der Waals surface area contributed by atoms with Gasteiger partial charge in [0.15, 0.2) is 0 Å². The highest BCUT2D eigenvalue weighted by Gasteiger charge is 2.08. The van der Waals surface area contributed by atoms with E-state index in [1.807, 2.05) is 31.2 Å². The molecule has 1 aromatic heterocycles. The lowest BCUT2D eigenvalue weighted by Gasteiger charge is -2.06. The normalized spacial score (nSPS) is 10.9. The number of nitrogens with one attached hydrogen (secondary N) is 1. The summed E-state index contributed by atoms with van der Waals surface area (Å²) in [6.45, 7) is 7.70. The van der Waals surface area contributed by atoms with Crippen molar-refractivity contribution in [1.82, 2.24) is 10.3 Å². The fourth-order valence-electron chi connectivity index (χ4n) is 1.83. The van der Waals surface area contributed by atoms with E-state index in [1.165, 1.54) is 4.88 Å². The van der Waals surface area contributed by atoms with Gasteiger partial charge in [-0.2, -0.15) is 0 Å². The fraction of sp³-hybridized carbons (Fsp3) is 0.438. The SMILES string of the molecule is COc1ccc(OCc2nc(C)c(CNC(C)C)s2)cc1. The van der Waals surface area contributed by atoms with Crippen molar-refractivity contribution in [3.05, 3.63) is 39.8 Å². The number of ether oxygens (including phenoxy) is 2. The monoisotopic (exact) mass is 306 g/mol. The Morgan fingerprint density at radius 1 is 1.19 bits per heavy atom. The van der Waals surface area contributed by atoms with Crippen molar-refractivity contribution in [3.8, 4) is 11.5 Å². The number of methoxy groups -OCH3 is 1. The van der Waals surface area contributed by atoms with Crippen LogP contribution in [0, 0.1) is 6.92 Å². The highest BCUT2D eigenvalue weighted by atomic mass is 32.1. The number of aromatic nitrogens is 1. The third-order valence-electron chi connectivity index (χ3n) is 3.03. The Morgan fingerprint density at radius 3 is 2.48 bits per heavy atom. The molecule has 0 atom stereocenters. The van der Waals surface area contributed by atoms with Gasteiger partial charge in [-0.3, -0.25) is 0 Å². The van der Waals surface area contributed by atoms with Crippen molar-refractivity contribution in [2.45, 2.75) is 40.0 Å². The standard InChI is InChI=1S/C16H22N2O2S/c1-11(2)17-9-15-12(3)18-16(21-15)10-20-14-7-5-13(19-4)6-8-14/h5-8,11,17H,9-10H2,1-4H3. The third-order valence-corrected chi connectivity index (χ3v) is 4.16. The summed E-state index contributed by atoms with van der Waals surface area (Å²) in [5.74, 6) is 1.65. The number of thiazole rings is 1. The molecule has 0 saturated carbocycles. The Labute approximate surface area is 130 Å². The predicted octanol–water partition coefficient (Wildman–Crippen LogP) is 3.54. The minimum Gasteiger partial charge on any atom is -0.497 e. The number of rotatable bonds is 7. The van der Waals surface area contributed by atoms with Gasteiger partial charge in [0, 0.05) is 17.5 Å². The van der Waals surface area contributed by atoms with Crippen molar-refractivity contribution in [2.24, 2.45) is 0 Å². The fourth-order valence-corrected chi connectivity index (χ4v) is 2.76. The molecule has 0 spiro atoms. The van der Waals surface area contributed by atoms with E-state index in [9.17, 15) is 0 Å². The summed E-state index contributed by atoms with van der Waals surface area (Å²) in [7, 11) is 1.65.